The minimum Gasteiger partial charge on any atom is -0.411 e. The van der Waals surface area contributed by atoms with Crippen molar-refractivity contribution >= 4 is 39.9 Å². The first-order valence-electron chi connectivity index (χ1n) is 8.07. The molecular formula is C18H16N4O2S2. The molecule has 0 aliphatic carbocycles. The van der Waals surface area contributed by atoms with Crippen molar-refractivity contribution in [1.82, 2.24) is 20.5 Å². The summed E-state index contributed by atoms with van der Waals surface area (Å²) in [5.74, 6) is 0.381. The maximum atomic E-state index is 12.2. The van der Waals surface area contributed by atoms with Gasteiger partial charge in [-0.2, -0.15) is 0 Å². The zero-order chi connectivity index (χ0) is 17.9. The highest BCUT2D eigenvalue weighted by Crippen LogP contribution is 2.30. The van der Waals surface area contributed by atoms with Crippen LogP contribution < -0.4 is 5.32 Å². The van der Waals surface area contributed by atoms with Crippen molar-refractivity contribution < 1.29 is 9.21 Å². The minimum atomic E-state index is -0.328. The van der Waals surface area contributed by atoms with Crippen molar-refractivity contribution in [3.05, 3.63) is 52.9 Å². The van der Waals surface area contributed by atoms with Crippen molar-refractivity contribution in [3.63, 3.8) is 0 Å². The predicted octanol–water partition coefficient (Wildman–Crippen LogP) is 4.08. The molecule has 1 amide bonds. The second-order valence-corrected chi connectivity index (χ2v) is 8.00. The summed E-state index contributed by atoms with van der Waals surface area (Å²) in [5, 5.41) is 14.2. The third kappa shape index (κ3) is 3.51. The maximum Gasteiger partial charge on any atom is 0.277 e. The highest BCUT2D eigenvalue weighted by atomic mass is 32.2. The van der Waals surface area contributed by atoms with Crippen molar-refractivity contribution in [2.75, 3.05) is 0 Å². The quantitative estimate of drug-likeness (QED) is 0.490. The second-order valence-electron chi connectivity index (χ2n) is 5.68. The van der Waals surface area contributed by atoms with Crippen LogP contribution in [0, 0.1) is 0 Å². The van der Waals surface area contributed by atoms with Gasteiger partial charge >= 0.3 is 0 Å². The summed E-state index contributed by atoms with van der Waals surface area (Å²) >= 11 is 2.87. The van der Waals surface area contributed by atoms with Gasteiger partial charge in [0.2, 0.25) is 5.91 Å². The Bertz CT molecular complexity index is 1020. The standard InChI is InChI=1S/C18H16N4O2S2/c1-11(16(23)20-9-12-5-4-8-25-12)26-18-22-21-17(24-18)14-10-19-15-7-3-2-6-13(14)15/h2-8,10-11,19H,9H2,1H3,(H,20,23). The largest absolute Gasteiger partial charge is 0.411 e. The molecule has 0 radical (unpaired) electrons. The number of carbonyl (C=O) groups is 1. The number of benzene rings is 1. The maximum absolute atomic E-state index is 12.2. The molecule has 4 aromatic rings. The number of amides is 1. The Morgan fingerprint density at radius 2 is 2.19 bits per heavy atom. The van der Waals surface area contributed by atoms with Gasteiger partial charge in [-0.1, -0.05) is 36.0 Å². The average molecular weight is 384 g/mol. The lowest BCUT2D eigenvalue weighted by atomic mass is 10.2. The van der Waals surface area contributed by atoms with E-state index in [0.717, 1.165) is 21.3 Å². The average Bonchev–Trinajstić information content (AvgIpc) is 3.39. The molecule has 2 N–H and O–H groups in total. The van der Waals surface area contributed by atoms with Crippen molar-refractivity contribution in [2.24, 2.45) is 0 Å². The van der Waals surface area contributed by atoms with Gasteiger partial charge in [-0.15, -0.1) is 21.5 Å². The Kier molecular flexibility index (Phi) is 4.77. The van der Waals surface area contributed by atoms with Gasteiger partial charge in [-0.25, -0.2) is 0 Å². The van der Waals surface area contributed by atoms with Gasteiger partial charge in [0.25, 0.3) is 11.1 Å². The monoisotopic (exact) mass is 384 g/mol. The molecule has 8 heteroatoms. The van der Waals surface area contributed by atoms with Crippen LogP contribution in [0.15, 0.2) is 57.6 Å². The molecule has 0 aliphatic rings. The van der Waals surface area contributed by atoms with Gasteiger partial charge in [0, 0.05) is 22.0 Å². The number of fused-ring (bicyclic) bond motifs is 1. The van der Waals surface area contributed by atoms with E-state index in [-0.39, 0.29) is 11.2 Å². The molecular weight excluding hydrogens is 368 g/mol. The normalized spacial score (nSPS) is 12.3. The first-order chi connectivity index (χ1) is 12.7. The highest BCUT2D eigenvalue weighted by Gasteiger charge is 2.19. The number of hydrogen-bond acceptors (Lipinski definition) is 6. The number of rotatable bonds is 6. The zero-order valence-corrected chi connectivity index (χ0v) is 15.6. The lowest BCUT2D eigenvalue weighted by Crippen LogP contribution is -2.30. The number of thioether (sulfide) groups is 1. The van der Waals surface area contributed by atoms with Crippen molar-refractivity contribution in [2.45, 2.75) is 23.9 Å². The third-order valence-corrected chi connectivity index (χ3v) is 5.70. The molecule has 1 unspecified atom stereocenters. The number of nitrogens with one attached hydrogen (secondary N) is 2. The number of hydrogen-bond donors (Lipinski definition) is 2. The summed E-state index contributed by atoms with van der Waals surface area (Å²) in [6, 6.07) is 11.9. The Morgan fingerprint density at radius 1 is 1.31 bits per heavy atom. The Balaban J connectivity index is 1.42. The van der Waals surface area contributed by atoms with Gasteiger partial charge in [0.15, 0.2) is 0 Å². The van der Waals surface area contributed by atoms with Gasteiger partial charge in [-0.3, -0.25) is 4.79 Å². The number of nitrogens with zero attached hydrogens (tertiary/aromatic N) is 2. The highest BCUT2D eigenvalue weighted by molar-refractivity contribution is 8.00. The summed E-state index contributed by atoms with van der Waals surface area (Å²) in [6.07, 6.45) is 1.85. The van der Waals surface area contributed by atoms with Crippen LogP contribution in [0.4, 0.5) is 0 Å². The summed E-state index contributed by atoms with van der Waals surface area (Å²) in [4.78, 5) is 16.5. The molecule has 1 aromatic carbocycles. The lowest BCUT2D eigenvalue weighted by Gasteiger charge is -2.08. The van der Waals surface area contributed by atoms with Crippen molar-refractivity contribution in [1.29, 1.82) is 0 Å². The molecule has 6 nitrogen and oxygen atoms in total. The SMILES string of the molecule is CC(Sc1nnc(-c2c[nH]c3ccccc23)o1)C(=O)NCc1cccs1. The molecule has 3 aromatic heterocycles. The number of H-pyrrole nitrogens is 1. The fourth-order valence-electron chi connectivity index (χ4n) is 2.55. The van der Waals surface area contributed by atoms with Gasteiger partial charge < -0.3 is 14.7 Å². The van der Waals surface area contributed by atoms with E-state index in [1.165, 1.54) is 11.8 Å². The van der Waals surface area contributed by atoms with E-state index >= 15 is 0 Å². The van der Waals surface area contributed by atoms with Crippen LogP contribution >= 0.6 is 23.1 Å². The summed E-state index contributed by atoms with van der Waals surface area (Å²) in [6.45, 7) is 2.36. The first-order valence-corrected chi connectivity index (χ1v) is 9.83. The van der Waals surface area contributed by atoms with Crippen LogP contribution in [0.2, 0.25) is 0 Å². The predicted molar refractivity (Wildman–Crippen MR) is 103 cm³/mol. The van der Waals surface area contributed by atoms with Crippen LogP contribution in [0.1, 0.15) is 11.8 Å². The molecule has 0 bridgehead atoms. The van der Waals surface area contributed by atoms with Crippen LogP contribution in [0.5, 0.6) is 0 Å². The third-order valence-electron chi connectivity index (χ3n) is 3.89. The van der Waals surface area contributed by atoms with Crippen LogP contribution in [0.3, 0.4) is 0 Å². The van der Waals surface area contributed by atoms with E-state index in [1.807, 2.05) is 54.9 Å². The molecule has 132 valence electrons. The second kappa shape index (κ2) is 7.35. The summed E-state index contributed by atoms with van der Waals surface area (Å²) < 4.78 is 5.75. The molecule has 0 fully saturated rings. The van der Waals surface area contributed by atoms with Gasteiger partial charge in [0.05, 0.1) is 17.4 Å². The smallest absolute Gasteiger partial charge is 0.277 e. The summed E-state index contributed by atoms with van der Waals surface area (Å²) in [5.41, 5.74) is 1.87. The van der Waals surface area contributed by atoms with Crippen LogP contribution in [-0.2, 0) is 11.3 Å². The zero-order valence-electron chi connectivity index (χ0n) is 13.9. The van der Waals surface area contributed by atoms with E-state index in [4.69, 9.17) is 4.42 Å². The van der Waals surface area contributed by atoms with Crippen LogP contribution in [-0.4, -0.2) is 26.3 Å². The number of carbonyl (C=O) groups excluding carboxylic acids is 1. The van der Waals surface area contributed by atoms with E-state index in [2.05, 4.69) is 20.5 Å². The number of aromatic nitrogens is 3. The molecule has 0 spiro atoms. The van der Waals surface area contributed by atoms with E-state index in [9.17, 15) is 4.79 Å². The molecule has 3 heterocycles. The molecule has 0 saturated heterocycles. The van der Waals surface area contributed by atoms with E-state index in [1.54, 1.807) is 11.3 Å². The summed E-state index contributed by atoms with van der Waals surface area (Å²) in [7, 11) is 0. The topological polar surface area (TPSA) is 83.8 Å². The lowest BCUT2D eigenvalue weighted by molar-refractivity contribution is -0.120. The van der Waals surface area contributed by atoms with E-state index in [0.29, 0.717) is 17.7 Å². The fraction of sp³-hybridized carbons (Fsp3) is 0.167. The Morgan fingerprint density at radius 3 is 3.04 bits per heavy atom. The molecule has 0 saturated carbocycles. The Labute approximate surface area is 158 Å². The fourth-order valence-corrected chi connectivity index (χ4v) is 3.90. The number of aromatic amines is 1. The van der Waals surface area contributed by atoms with E-state index < -0.39 is 0 Å². The molecule has 26 heavy (non-hydrogen) atoms. The Hall–Kier alpha value is -2.58. The van der Waals surface area contributed by atoms with Gasteiger partial charge in [0.1, 0.15) is 0 Å². The molecule has 0 aliphatic heterocycles. The number of para-hydroxylation sites is 1. The van der Waals surface area contributed by atoms with Gasteiger partial charge in [-0.05, 0) is 24.4 Å². The molecule has 1 atom stereocenters. The van der Waals surface area contributed by atoms with Crippen molar-refractivity contribution in [3.8, 4) is 11.5 Å². The molecule has 4 rings (SSSR count). The minimum absolute atomic E-state index is 0.0600. The first kappa shape index (κ1) is 16.9. The number of thiophene rings is 1. The van der Waals surface area contributed by atoms with Crippen LogP contribution in [0.25, 0.3) is 22.4 Å².